The molecule has 0 bridgehead atoms. The number of nitrogens with zero attached hydrogens (tertiary/aromatic N) is 3. The minimum absolute atomic E-state index is 0. The van der Waals surface area contributed by atoms with Crippen LogP contribution < -0.4 is 15.5 Å². The standard InChI is InChI=1S/C21H35N5O3S.HI/c1-4-22-21(24-18(2)11-17-30(3,28)29)23-12-10-20(27)26-15-13-25(14-16-26)19-8-6-5-7-9-19;/h5-9,18H,4,10-17H2,1-3H3,(H2,22,23,24);1H. The third-order valence-corrected chi connectivity index (χ3v) is 5.98. The van der Waals surface area contributed by atoms with Crippen molar-refractivity contribution in [3.63, 3.8) is 0 Å². The molecule has 1 atom stereocenters. The molecule has 176 valence electrons. The van der Waals surface area contributed by atoms with Gasteiger partial charge in [0.2, 0.25) is 5.91 Å². The van der Waals surface area contributed by atoms with E-state index < -0.39 is 9.84 Å². The van der Waals surface area contributed by atoms with Crippen molar-refractivity contribution in [2.45, 2.75) is 32.7 Å². The van der Waals surface area contributed by atoms with Crippen LogP contribution in [0.2, 0.25) is 0 Å². The van der Waals surface area contributed by atoms with E-state index in [1.807, 2.05) is 36.9 Å². The molecule has 10 heteroatoms. The molecule has 1 amide bonds. The second kappa shape index (κ2) is 13.8. The molecule has 1 unspecified atom stereocenters. The van der Waals surface area contributed by atoms with Crippen LogP contribution in [0.5, 0.6) is 0 Å². The second-order valence-electron chi connectivity index (χ2n) is 7.68. The highest BCUT2D eigenvalue weighted by Gasteiger charge is 2.20. The fraction of sp³-hybridized carbons (Fsp3) is 0.619. The lowest BCUT2D eigenvalue weighted by molar-refractivity contribution is -0.131. The van der Waals surface area contributed by atoms with Crippen LogP contribution in [0.25, 0.3) is 0 Å². The quantitative estimate of drug-likeness (QED) is 0.269. The van der Waals surface area contributed by atoms with Gasteiger partial charge in [0.15, 0.2) is 5.96 Å². The Hall–Kier alpha value is -1.56. The third-order valence-electron chi connectivity index (χ3n) is 5.00. The Kier molecular flexibility index (Phi) is 12.2. The van der Waals surface area contributed by atoms with Gasteiger partial charge in [-0.3, -0.25) is 9.79 Å². The zero-order valence-electron chi connectivity index (χ0n) is 18.7. The summed E-state index contributed by atoms with van der Waals surface area (Å²) in [6.45, 7) is 8.09. The fourth-order valence-electron chi connectivity index (χ4n) is 3.29. The molecule has 1 aromatic carbocycles. The Morgan fingerprint density at radius 2 is 1.81 bits per heavy atom. The van der Waals surface area contributed by atoms with Crippen LogP contribution in [0, 0.1) is 0 Å². The first-order valence-electron chi connectivity index (χ1n) is 10.6. The van der Waals surface area contributed by atoms with Gasteiger partial charge in [0.25, 0.3) is 0 Å². The van der Waals surface area contributed by atoms with E-state index in [9.17, 15) is 13.2 Å². The monoisotopic (exact) mass is 565 g/mol. The molecular weight excluding hydrogens is 529 g/mol. The number of hydrogen-bond donors (Lipinski definition) is 2. The van der Waals surface area contributed by atoms with Gasteiger partial charge in [-0.2, -0.15) is 0 Å². The fourth-order valence-corrected chi connectivity index (χ4v) is 4.07. The number of benzene rings is 1. The number of rotatable bonds is 9. The number of sulfone groups is 1. The number of piperazine rings is 1. The molecule has 1 saturated heterocycles. The molecule has 0 radical (unpaired) electrons. The van der Waals surface area contributed by atoms with Crippen LogP contribution in [-0.4, -0.2) is 82.5 Å². The van der Waals surface area contributed by atoms with E-state index in [1.165, 1.54) is 11.9 Å². The van der Waals surface area contributed by atoms with E-state index in [1.54, 1.807) is 0 Å². The van der Waals surface area contributed by atoms with Crippen molar-refractivity contribution < 1.29 is 13.2 Å². The van der Waals surface area contributed by atoms with Crippen molar-refractivity contribution in [2.75, 3.05) is 56.2 Å². The largest absolute Gasteiger partial charge is 0.368 e. The Balaban J connectivity index is 0.00000480. The van der Waals surface area contributed by atoms with Crippen molar-refractivity contribution in [2.24, 2.45) is 4.99 Å². The van der Waals surface area contributed by atoms with Crippen LogP contribution in [0.15, 0.2) is 35.3 Å². The first kappa shape index (κ1) is 27.5. The molecule has 1 heterocycles. The summed E-state index contributed by atoms with van der Waals surface area (Å²) in [5.74, 6) is 0.862. The molecule has 2 N–H and O–H groups in total. The summed E-state index contributed by atoms with van der Waals surface area (Å²) >= 11 is 0. The van der Waals surface area contributed by atoms with Crippen molar-refractivity contribution in [3.05, 3.63) is 30.3 Å². The average Bonchev–Trinajstić information content (AvgIpc) is 2.72. The highest BCUT2D eigenvalue weighted by Crippen LogP contribution is 2.15. The number of carbonyl (C=O) groups is 1. The van der Waals surface area contributed by atoms with Crippen LogP contribution in [-0.2, 0) is 14.6 Å². The normalized spacial score (nSPS) is 15.8. The Morgan fingerprint density at radius 1 is 1.16 bits per heavy atom. The van der Waals surface area contributed by atoms with Crippen LogP contribution in [0.1, 0.15) is 26.7 Å². The summed E-state index contributed by atoms with van der Waals surface area (Å²) in [5, 5.41) is 6.36. The molecule has 31 heavy (non-hydrogen) atoms. The van der Waals surface area contributed by atoms with Crippen molar-refractivity contribution >= 4 is 51.4 Å². The predicted octanol–water partition coefficient (Wildman–Crippen LogP) is 1.72. The van der Waals surface area contributed by atoms with E-state index >= 15 is 0 Å². The Labute approximate surface area is 203 Å². The van der Waals surface area contributed by atoms with Crippen molar-refractivity contribution in [1.29, 1.82) is 0 Å². The maximum atomic E-state index is 12.5. The summed E-state index contributed by atoms with van der Waals surface area (Å²) in [5.41, 5.74) is 1.19. The van der Waals surface area contributed by atoms with Gasteiger partial charge >= 0.3 is 0 Å². The number of hydrogen-bond acceptors (Lipinski definition) is 5. The molecule has 0 aromatic heterocycles. The number of guanidine groups is 1. The van der Waals surface area contributed by atoms with Crippen molar-refractivity contribution in [1.82, 2.24) is 15.5 Å². The van der Waals surface area contributed by atoms with Gasteiger partial charge in [-0.15, -0.1) is 24.0 Å². The first-order valence-corrected chi connectivity index (χ1v) is 12.6. The minimum atomic E-state index is -2.98. The first-order chi connectivity index (χ1) is 14.3. The molecule has 0 spiro atoms. The zero-order valence-corrected chi connectivity index (χ0v) is 21.9. The lowest BCUT2D eigenvalue weighted by atomic mass is 10.2. The molecule has 8 nitrogen and oxygen atoms in total. The summed E-state index contributed by atoms with van der Waals surface area (Å²) in [4.78, 5) is 21.2. The summed E-state index contributed by atoms with van der Waals surface area (Å²) in [6, 6.07) is 10.2. The molecule has 0 saturated carbocycles. The number of nitrogens with one attached hydrogen (secondary N) is 2. The van der Waals surface area contributed by atoms with Gasteiger partial charge < -0.3 is 20.4 Å². The molecule has 1 aromatic rings. The predicted molar refractivity (Wildman–Crippen MR) is 138 cm³/mol. The van der Waals surface area contributed by atoms with Gasteiger partial charge in [-0.1, -0.05) is 18.2 Å². The van der Waals surface area contributed by atoms with Crippen molar-refractivity contribution in [3.8, 4) is 0 Å². The van der Waals surface area contributed by atoms with E-state index in [2.05, 4.69) is 32.7 Å². The lowest BCUT2D eigenvalue weighted by Gasteiger charge is -2.36. The summed E-state index contributed by atoms with van der Waals surface area (Å²) < 4.78 is 22.7. The van der Waals surface area contributed by atoms with Gasteiger partial charge in [-0.25, -0.2) is 8.42 Å². The molecule has 1 aliphatic rings. The SMILES string of the molecule is CCNC(=NCCC(=O)N1CCN(c2ccccc2)CC1)NC(C)CCS(C)(=O)=O.I. The number of aliphatic imine (C=N–C) groups is 1. The Bertz CT molecular complexity index is 796. The topological polar surface area (TPSA) is 94.1 Å². The maximum Gasteiger partial charge on any atom is 0.224 e. The smallest absolute Gasteiger partial charge is 0.224 e. The summed E-state index contributed by atoms with van der Waals surface area (Å²) in [6.07, 6.45) is 2.11. The van der Waals surface area contributed by atoms with Gasteiger partial charge in [0.05, 0.1) is 12.3 Å². The highest BCUT2D eigenvalue weighted by molar-refractivity contribution is 14.0. The lowest BCUT2D eigenvalue weighted by Crippen LogP contribution is -2.49. The van der Waals surface area contributed by atoms with Crippen LogP contribution >= 0.6 is 24.0 Å². The van der Waals surface area contributed by atoms with Crippen LogP contribution in [0.3, 0.4) is 0 Å². The molecule has 1 fully saturated rings. The number of amides is 1. The third kappa shape index (κ3) is 10.5. The van der Waals surface area contributed by atoms with E-state index in [4.69, 9.17) is 0 Å². The van der Waals surface area contributed by atoms with Gasteiger partial charge in [0, 0.05) is 57.1 Å². The number of anilines is 1. The maximum absolute atomic E-state index is 12.5. The average molecular weight is 566 g/mol. The Morgan fingerprint density at radius 3 is 2.39 bits per heavy atom. The zero-order chi connectivity index (χ0) is 22.0. The van der Waals surface area contributed by atoms with Crippen LogP contribution in [0.4, 0.5) is 5.69 Å². The minimum Gasteiger partial charge on any atom is -0.368 e. The van der Waals surface area contributed by atoms with Gasteiger partial charge in [0.1, 0.15) is 9.84 Å². The molecular formula is C21H36IN5O3S. The van der Waals surface area contributed by atoms with E-state index in [-0.39, 0.29) is 41.7 Å². The van der Waals surface area contributed by atoms with E-state index in [0.29, 0.717) is 31.9 Å². The number of para-hydroxylation sites is 1. The molecule has 1 aliphatic heterocycles. The highest BCUT2D eigenvalue weighted by atomic mass is 127. The van der Waals surface area contributed by atoms with Gasteiger partial charge in [-0.05, 0) is 32.4 Å². The number of halogens is 1. The number of carbonyl (C=O) groups excluding carboxylic acids is 1. The van der Waals surface area contributed by atoms with E-state index in [0.717, 1.165) is 26.2 Å². The second-order valence-corrected chi connectivity index (χ2v) is 9.94. The molecule has 0 aliphatic carbocycles. The molecule has 2 rings (SSSR count). The summed E-state index contributed by atoms with van der Waals surface area (Å²) in [7, 11) is -2.98.